The molecular weight excluding hydrogens is 542 g/mol. The van der Waals surface area contributed by atoms with Crippen molar-refractivity contribution < 1.29 is 22.7 Å². The summed E-state index contributed by atoms with van der Waals surface area (Å²) in [6.45, 7) is 6.01. The van der Waals surface area contributed by atoms with Gasteiger partial charge in [-0.3, -0.25) is 4.90 Å². The third kappa shape index (κ3) is 5.85. The number of unbranched alkanes of at least 4 members (excludes halogenated alkanes) is 2. The Balaban J connectivity index is 1.38. The second kappa shape index (κ2) is 12.2. The van der Waals surface area contributed by atoms with Gasteiger partial charge in [-0.15, -0.1) is 0 Å². The van der Waals surface area contributed by atoms with Crippen molar-refractivity contribution >= 4 is 32.9 Å². The number of urea groups is 1. The highest BCUT2D eigenvalue weighted by Crippen LogP contribution is 2.32. The maximum Gasteiger partial charge on any atom is 0.325 e. The van der Waals surface area contributed by atoms with Gasteiger partial charge in [-0.05, 0) is 49.6 Å². The Bertz CT molecular complexity index is 1640. The molecule has 0 N–H and O–H groups in total. The van der Waals surface area contributed by atoms with Crippen molar-refractivity contribution in [3.05, 3.63) is 72.2 Å². The lowest BCUT2D eigenvalue weighted by atomic mass is 10.1. The highest BCUT2D eigenvalue weighted by atomic mass is 32.2. The van der Waals surface area contributed by atoms with E-state index in [0.717, 1.165) is 36.8 Å². The maximum atomic E-state index is 13.6. The molecule has 41 heavy (non-hydrogen) atoms. The molecule has 216 valence electrons. The summed E-state index contributed by atoms with van der Waals surface area (Å²) in [5.41, 5.74) is 2.11. The lowest BCUT2D eigenvalue weighted by molar-refractivity contribution is 0.192. The molecule has 2 amide bonds. The lowest BCUT2D eigenvalue weighted by Gasteiger charge is -2.35. The van der Waals surface area contributed by atoms with Crippen molar-refractivity contribution in [2.75, 3.05) is 31.7 Å². The van der Waals surface area contributed by atoms with E-state index in [-0.39, 0.29) is 10.9 Å². The number of hydrogen-bond donors (Lipinski definition) is 0. The average Bonchev–Trinajstić information content (AvgIpc) is 3.43. The van der Waals surface area contributed by atoms with Gasteiger partial charge in [0.15, 0.2) is 17.1 Å². The van der Waals surface area contributed by atoms with Crippen LogP contribution in [0.2, 0.25) is 0 Å². The summed E-state index contributed by atoms with van der Waals surface area (Å²) in [7, 11) is -2.26. The molecule has 5 rings (SSSR count). The molecule has 4 heterocycles. The highest BCUT2D eigenvalue weighted by Gasteiger charge is 2.29. The number of nitrogens with zero attached hydrogens (tertiary/aromatic N) is 5. The van der Waals surface area contributed by atoms with Crippen molar-refractivity contribution in [1.82, 2.24) is 18.8 Å². The van der Waals surface area contributed by atoms with Crippen LogP contribution in [-0.4, -0.2) is 60.1 Å². The summed E-state index contributed by atoms with van der Waals surface area (Å²) in [5, 5.41) is 0.679. The Hall–Kier alpha value is -4.12. The molecule has 1 fully saturated rings. The summed E-state index contributed by atoms with van der Waals surface area (Å²) in [5.74, 6) is 1.59. The van der Waals surface area contributed by atoms with Crippen LogP contribution in [0.5, 0.6) is 11.5 Å². The third-order valence-corrected chi connectivity index (χ3v) is 8.89. The number of carbonyl (C=O) groups excluding carboxylic acids is 1. The van der Waals surface area contributed by atoms with Crippen LogP contribution in [0.4, 0.5) is 10.6 Å². The number of aryl methyl sites for hydroxylation is 1. The van der Waals surface area contributed by atoms with E-state index in [9.17, 15) is 13.2 Å². The fourth-order valence-electron chi connectivity index (χ4n) is 4.93. The van der Waals surface area contributed by atoms with Crippen LogP contribution in [0.25, 0.3) is 11.0 Å². The van der Waals surface area contributed by atoms with E-state index < -0.39 is 10.0 Å². The Morgan fingerprint density at radius 2 is 1.80 bits per heavy atom. The minimum atomic E-state index is -3.83. The van der Waals surface area contributed by atoms with Crippen molar-refractivity contribution in [2.24, 2.45) is 0 Å². The van der Waals surface area contributed by atoms with Gasteiger partial charge >= 0.3 is 6.03 Å². The summed E-state index contributed by atoms with van der Waals surface area (Å²) >= 11 is 0. The fraction of sp³-hybridized carbons (Fsp3) is 0.367. The third-order valence-electron chi connectivity index (χ3n) is 7.21. The van der Waals surface area contributed by atoms with Crippen LogP contribution in [0.15, 0.2) is 66.0 Å². The SMILES string of the molecule is CCCCCOc1cc(N2CCCN(Cc3ccnc4c3ccn4S(=O)(=O)c3ccc(C)cc3)C2=O)ncc1OC. The minimum Gasteiger partial charge on any atom is -0.491 e. The number of pyridine rings is 2. The maximum absolute atomic E-state index is 13.6. The first kappa shape index (κ1) is 28.4. The van der Waals surface area contributed by atoms with E-state index >= 15 is 0 Å². The summed E-state index contributed by atoms with van der Waals surface area (Å²) < 4.78 is 39.3. The number of benzene rings is 1. The van der Waals surface area contributed by atoms with Crippen molar-refractivity contribution in [3.63, 3.8) is 0 Å². The molecule has 10 nitrogen and oxygen atoms in total. The monoisotopic (exact) mass is 577 g/mol. The van der Waals surface area contributed by atoms with Gasteiger partial charge in [-0.1, -0.05) is 37.5 Å². The van der Waals surface area contributed by atoms with E-state index in [1.165, 1.54) is 10.2 Å². The van der Waals surface area contributed by atoms with Crippen LogP contribution in [-0.2, 0) is 16.6 Å². The molecule has 0 aliphatic carbocycles. The largest absolute Gasteiger partial charge is 0.491 e. The zero-order valence-electron chi connectivity index (χ0n) is 23.6. The molecular formula is C30H35N5O5S. The average molecular weight is 578 g/mol. The van der Waals surface area contributed by atoms with E-state index in [1.54, 1.807) is 65.7 Å². The molecule has 0 saturated carbocycles. The van der Waals surface area contributed by atoms with Gasteiger partial charge in [-0.25, -0.2) is 27.2 Å². The van der Waals surface area contributed by atoms with Crippen LogP contribution in [0.1, 0.15) is 43.7 Å². The number of amides is 2. The van der Waals surface area contributed by atoms with E-state index in [1.807, 2.05) is 13.0 Å². The molecule has 1 aliphatic rings. The van der Waals surface area contributed by atoms with Crippen LogP contribution >= 0.6 is 0 Å². The van der Waals surface area contributed by atoms with Crippen molar-refractivity contribution in [1.29, 1.82) is 0 Å². The molecule has 3 aromatic heterocycles. The Morgan fingerprint density at radius 1 is 1.00 bits per heavy atom. The number of anilines is 1. The van der Waals surface area contributed by atoms with Crippen LogP contribution in [0.3, 0.4) is 0 Å². The number of methoxy groups -OCH3 is 1. The molecule has 4 aromatic rings. The van der Waals surface area contributed by atoms with Gasteiger partial charge < -0.3 is 14.4 Å². The number of rotatable bonds is 11. The molecule has 1 saturated heterocycles. The van der Waals surface area contributed by atoms with E-state index in [0.29, 0.717) is 54.6 Å². The van der Waals surface area contributed by atoms with Gasteiger partial charge in [0.05, 0.1) is 24.8 Å². The zero-order chi connectivity index (χ0) is 29.0. The second-order valence-corrected chi connectivity index (χ2v) is 11.9. The first-order valence-corrected chi connectivity index (χ1v) is 15.3. The van der Waals surface area contributed by atoms with E-state index in [2.05, 4.69) is 16.9 Å². The number of aromatic nitrogens is 3. The predicted octanol–water partition coefficient (Wildman–Crippen LogP) is 5.39. The smallest absolute Gasteiger partial charge is 0.325 e. The van der Waals surface area contributed by atoms with Crippen molar-refractivity contribution in [3.8, 4) is 11.5 Å². The quantitative estimate of drug-likeness (QED) is 0.220. The predicted molar refractivity (Wildman–Crippen MR) is 157 cm³/mol. The van der Waals surface area contributed by atoms with Gasteiger partial charge in [0.2, 0.25) is 0 Å². The lowest BCUT2D eigenvalue weighted by Crippen LogP contribution is -2.49. The first-order chi connectivity index (χ1) is 19.8. The molecule has 0 bridgehead atoms. The molecule has 0 spiro atoms. The first-order valence-electron chi connectivity index (χ1n) is 13.8. The molecule has 1 aliphatic heterocycles. The number of hydrogen-bond acceptors (Lipinski definition) is 7. The molecule has 11 heteroatoms. The number of carbonyl (C=O) groups is 1. The Morgan fingerprint density at radius 3 is 2.56 bits per heavy atom. The number of fused-ring (bicyclic) bond motifs is 1. The molecule has 0 atom stereocenters. The molecule has 0 unspecified atom stereocenters. The van der Waals surface area contributed by atoms with Gasteiger partial charge in [0, 0.05) is 43.5 Å². The minimum absolute atomic E-state index is 0.178. The van der Waals surface area contributed by atoms with Gasteiger partial charge in [-0.2, -0.15) is 0 Å². The fourth-order valence-corrected chi connectivity index (χ4v) is 6.24. The number of ether oxygens (including phenoxy) is 2. The summed E-state index contributed by atoms with van der Waals surface area (Å²) in [6, 6.07) is 11.9. The van der Waals surface area contributed by atoms with Gasteiger partial charge in [0.25, 0.3) is 10.0 Å². The van der Waals surface area contributed by atoms with Gasteiger partial charge in [0.1, 0.15) is 5.82 Å². The normalized spacial score (nSPS) is 14.1. The topological polar surface area (TPSA) is 107 Å². The van der Waals surface area contributed by atoms with Crippen LogP contribution < -0.4 is 14.4 Å². The Labute approximate surface area is 240 Å². The standard InChI is InChI=1S/C30H35N5O5S/c1-4-5-6-18-40-26-19-28(32-20-27(26)39-3)34-16-7-15-33(30(34)36)21-23-12-14-31-29-25(23)13-17-35(29)41(37,38)24-10-8-22(2)9-11-24/h8-14,17,19-20H,4-7,15-16,18,21H2,1-3H3. The Kier molecular flexibility index (Phi) is 8.44. The van der Waals surface area contributed by atoms with Crippen molar-refractivity contribution in [2.45, 2.75) is 51.0 Å². The molecule has 0 radical (unpaired) electrons. The highest BCUT2D eigenvalue weighted by molar-refractivity contribution is 7.90. The van der Waals surface area contributed by atoms with E-state index in [4.69, 9.17) is 9.47 Å². The zero-order valence-corrected chi connectivity index (χ0v) is 24.4. The second-order valence-electron chi connectivity index (χ2n) is 10.1. The van der Waals surface area contributed by atoms with Crippen LogP contribution in [0, 0.1) is 6.92 Å². The summed E-state index contributed by atoms with van der Waals surface area (Å²) in [4.78, 5) is 26.1. The summed E-state index contributed by atoms with van der Waals surface area (Å²) in [6.07, 6.45) is 8.54. The molecule has 1 aromatic carbocycles.